The molecule has 0 amide bonds. The molecular formula is C20H18BrP. The standard InChI is InChI=1S/C20H18BrP/c1-2-18-19(21)14-9-15-20(18)22(16-10-5-3-6-11-16)17-12-7-4-8-13-17/h3-15H,2H2,1H3. The first-order valence-corrected chi connectivity index (χ1v) is 9.62. The van der Waals surface area contributed by atoms with E-state index in [1.54, 1.807) is 0 Å². The minimum absolute atomic E-state index is 0.519. The predicted octanol–water partition coefficient (Wildman–Crippen LogP) is 4.77. The molecule has 0 unspecified atom stereocenters. The van der Waals surface area contributed by atoms with E-state index in [0.717, 1.165) is 6.42 Å². The zero-order chi connectivity index (χ0) is 15.4. The smallest absolute Gasteiger partial charge is 0.0213 e. The van der Waals surface area contributed by atoms with Gasteiger partial charge in [0, 0.05) is 4.47 Å². The van der Waals surface area contributed by atoms with Gasteiger partial charge in [-0.05, 0) is 41.9 Å². The fourth-order valence-corrected chi connectivity index (χ4v) is 6.07. The average Bonchev–Trinajstić information content (AvgIpc) is 2.57. The van der Waals surface area contributed by atoms with Crippen molar-refractivity contribution in [2.24, 2.45) is 0 Å². The van der Waals surface area contributed by atoms with E-state index in [2.05, 4.69) is 102 Å². The van der Waals surface area contributed by atoms with E-state index in [1.807, 2.05) is 0 Å². The van der Waals surface area contributed by atoms with Crippen LogP contribution in [0.15, 0.2) is 83.3 Å². The van der Waals surface area contributed by atoms with Gasteiger partial charge in [-0.3, -0.25) is 0 Å². The molecule has 3 rings (SSSR count). The first-order valence-electron chi connectivity index (χ1n) is 7.49. The Morgan fingerprint density at radius 3 is 1.77 bits per heavy atom. The molecule has 0 aliphatic rings. The Morgan fingerprint density at radius 1 is 0.727 bits per heavy atom. The van der Waals surface area contributed by atoms with Crippen LogP contribution in [-0.2, 0) is 6.42 Å². The minimum Gasteiger partial charge on any atom is -0.0622 e. The van der Waals surface area contributed by atoms with Gasteiger partial charge in [-0.15, -0.1) is 0 Å². The third-order valence-electron chi connectivity index (χ3n) is 3.72. The Balaban J connectivity index is 2.21. The summed E-state index contributed by atoms with van der Waals surface area (Å²) in [4.78, 5) is 0. The molecule has 0 spiro atoms. The van der Waals surface area contributed by atoms with E-state index < -0.39 is 7.92 Å². The van der Waals surface area contributed by atoms with Crippen molar-refractivity contribution < 1.29 is 0 Å². The fourth-order valence-electron chi connectivity index (χ4n) is 2.69. The Kier molecular flexibility index (Phi) is 5.08. The molecule has 0 radical (unpaired) electrons. The van der Waals surface area contributed by atoms with Crippen LogP contribution < -0.4 is 15.9 Å². The van der Waals surface area contributed by atoms with Crippen LogP contribution in [0, 0.1) is 0 Å². The summed E-state index contributed by atoms with van der Waals surface area (Å²) >= 11 is 3.73. The Morgan fingerprint density at radius 2 is 1.27 bits per heavy atom. The SMILES string of the molecule is CCc1c(Br)cccc1P(c1ccccc1)c1ccccc1. The molecule has 0 atom stereocenters. The van der Waals surface area contributed by atoms with Gasteiger partial charge in [-0.2, -0.15) is 0 Å². The van der Waals surface area contributed by atoms with Crippen LogP contribution in [0.25, 0.3) is 0 Å². The predicted molar refractivity (Wildman–Crippen MR) is 102 cm³/mol. The Bertz CT molecular complexity index is 699. The molecule has 3 aromatic carbocycles. The van der Waals surface area contributed by atoms with Crippen molar-refractivity contribution in [3.8, 4) is 0 Å². The second-order valence-corrected chi connectivity index (χ2v) is 8.14. The minimum atomic E-state index is -0.519. The first-order chi connectivity index (χ1) is 10.8. The molecule has 0 aliphatic carbocycles. The second-order valence-electron chi connectivity index (χ2n) is 5.10. The highest BCUT2D eigenvalue weighted by Crippen LogP contribution is 2.35. The summed E-state index contributed by atoms with van der Waals surface area (Å²) < 4.78 is 1.21. The monoisotopic (exact) mass is 368 g/mol. The van der Waals surface area contributed by atoms with E-state index in [1.165, 1.54) is 25.9 Å². The van der Waals surface area contributed by atoms with Gasteiger partial charge in [0.15, 0.2) is 0 Å². The quantitative estimate of drug-likeness (QED) is 0.582. The van der Waals surface area contributed by atoms with Crippen molar-refractivity contribution >= 4 is 39.8 Å². The zero-order valence-corrected chi connectivity index (χ0v) is 15.0. The van der Waals surface area contributed by atoms with Gasteiger partial charge in [0.25, 0.3) is 0 Å². The normalized spacial score (nSPS) is 10.9. The van der Waals surface area contributed by atoms with Crippen LogP contribution in [-0.4, -0.2) is 0 Å². The van der Waals surface area contributed by atoms with Crippen molar-refractivity contribution in [1.82, 2.24) is 0 Å². The molecule has 0 heterocycles. The van der Waals surface area contributed by atoms with Gasteiger partial charge in [0.1, 0.15) is 0 Å². The lowest BCUT2D eigenvalue weighted by Gasteiger charge is -2.22. The van der Waals surface area contributed by atoms with Gasteiger partial charge in [-0.1, -0.05) is 95.7 Å². The van der Waals surface area contributed by atoms with Crippen molar-refractivity contribution in [2.75, 3.05) is 0 Å². The van der Waals surface area contributed by atoms with Crippen LogP contribution in [0.1, 0.15) is 12.5 Å². The maximum Gasteiger partial charge on any atom is 0.0213 e. The van der Waals surface area contributed by atoms with Crippen LogP contribution in [0.3, 0.4) is 0 Å². The lowest BCUT2D eigenvalue weighted by Crippen LogP contribution is -2.23. The van der Waals surface area contributed by atoms with Gasteiger partial charge < -0.3 is 0 Å². The largest absolute Gasteiger partial charge is 0.0622 e. The lowest BCUT2D eigenvalue weighted by molar-refractivity contribution is 1.14. The number of hydrogen-bond acceptors (Lipinski definition) is 0. The molecular weight excluding hydrogens is 351 g/mol. The van der Waals surface area contributed by atoms with Crippen LogP contribution in [0.4, 0.5) is 0 Å². The van der Waals surface area contributed by atoms with E-state index in [4.69, 9.17) is 0 Å². The summed E-state index contributed by atoms with van der Waals surface area (Å²) in [5.41, 5.74) is 1.42. The molecule has 2 heteroatoms. The van der Waals surface area contributed by atoms with Gasteiger partial charge in [-0.25, -0.2) is 0 Å². The molecule has 3 aromatic rings. The first kappa shape index (κ1) is 15.5. The molecule has 0 bridgehead atoms. The van der Waals surface area contributed by atoms with E-state index in [0.29, 0.717) is 0 Å². The Hall–Kier alpha value is -1.43. The summed E-state index contributed by atoms with van der Waals surface area (Å²) in [5, 5.41) is 4.25. The van der Waals surface area contributed by atoms with Crippen LogP contribution in [0.2, 0.25) is 0 Å². The summed E-state index contributed by atoms with van der Waals surface area (Å²) in [6, 6.07) is 28.3. The van der Waals surface area contributed by atoms with Gasteiger partial charge in [0.2, 0.25) is 0 Å². The van der Waals surface area contributed by atoms with Gasteiger partial charge >= 0.3 is 0 Å². The molecule has 0 fully saturated rings. The highest BCUT2D eigenvalue weighted by atomic mass is 79.9. The maximum absolute atomic E-state index is 3.73. The second kappa shape index (κ2) is 7.22. The molecule has 0 aliphatic heterocycles. The van der Waals surface area contributed by atoms with E-state index in [-0.39, 0.29) is 0 Å². The zero-order valence-electron chi connectivity index (χ0n) is 12.5. The Labute approximate surface area is 142 Å². The topological polar surface area (TPSA) is 0 Å². The van der Waals surface area contributed by atoms with E-state index >= 15 is 0 Å². The van der Waals surface area contributed by atoms with E-state index in [9.17, 15) is 0 Å². The highest BCUT2D eigenvalue weighted by Gasteiger charge is 2.19. The summed E-state index contributed by atoms with van der Waals surface area (Å²) in [6.45, 7) is 2.23. The third kappa shape index (κ3) is 3.16. The molecule has 0 aromatic heterocycles. The average molecular weight is 369 g/mol. The lowest BCUT2D eigenvalue weighted by atomic mass is 10.2. The van der Waals surface area contributed by atoms with Crippen molar-refractivity contribution in [3.05, 3.63) is 88.9 Å². The van der Waals surface area contributed by atoms with Crippen molar-refractivity contribution in [1.29, 1.82) is 0 Å². The van der Waals surface area contributed by atoms with Crippen LogP contribution in [0.5, 0.6) is 0 Å². The summed E-state index contributed by atoms with van der Waals surface area (Å²) in [7, 11) is -0.519. The summed E-state index contributed by atoms with van der Waals surface area (Å²) in [6.07, 6.45) is 1.04. The maximum atomic E-state index is 3.73. The molecule has 0 saturated heterocycles. The summed E-state index contributed by atoms with van der Waals surface area (Å²) in [5.74, 6) is 0. The van der Waals surface area contributed by atoms with Crippen molar-refractivity contribution in [3.63, 3.8) is 0 Å². The van der Waals surface area contributed by atoms with Gasteiger partial charge in [0.05, 0.1) is 0 Å². The molecule has 0 nitrogen and oxygen atoms in total. The molecule has 22 heavy (non-hydrogen) atoms. The number of rotatable bonds is 4. The number of halogens is 1. The molecule has 0 saturated carbocycles. The molecule has 110 valence electrons. The fraction of sp³-hybridized carbons (Fsp3) is 0.100. The molecule has 0 N–H and O–H groups in total. The van der Waals surface area contributed by atoms with Crippen molar-refractivity contribution in [2.45, 2.75) is 13.3 Å². The third-order valence-corrected chi connectivity index (χ3v) is 6.99. The number of benzene rings is 3. The highest BCUT2D eigenvalue weighted by molar-refractivity contribution is 9.10. The van der Waals surface area contributed by atoms with Crippen LogP contribution >= 0.6 is 23.9 Å². The number of hydrogen-bond donors (Lipinski definition) is 0.